The molecule has 8 heteroatoms. The Morgan fingerprint density at radius 1 is 1.39 bits per heavy atom. The molecule has 23 heavy (non-hydrogen) atoms. The summed E-state index contributed by atoms with van der Waals surface area (Å²) in [4.78, 5) is 12.1. The van der Waals surface area contributed by atoms with Gasteiger partial charge in [0, 0.05) is 13.2 Å². The van der Waals surface area contributed by atoms with E-state index in [1.54, 1.807) is 12.1 Å². The highest BCUT2D eigenvalue weighted by molar-refractivity contribution is 7.89. The molecule has 1 aromatic carbocycles. The molecule has 0 spiro atoms. The van der Waals surface area contributed by atoms with Crippen LogP contribution in [-0.2, 0) is 19.6 Å². The smallest absolute Gasteiger partial charge is 0.241 e. The molecule has 1 fully saturated rings. The molecule has 1 aliphatic heterocycles. The maximum absolute atomic E-state index is 12.3. The second kappa shape index (κ2) is 7.76. The average Bonchev–Trinajstić information content (AvgIpc) is 3.05. The van der Waals surface area contributed by atoms with E-state index in [0.717, 1.165) is 12.8 Å². The quantitative estimate of drug-likeness (QED) is 0.759. The third-order valence-electron chi connectivity index (χ3n) is 3.62. The molecule has 7 nitrogen and oxygen atoms in total. The van der Waals surface area contributed by atoms with Crippen molar-refractivity contribution >= 4 is 15.9 Å². The number of amides is 1. The average molecular weight is 342 g/mol. The molecule has 0 saturated carbocycles. The molecule has 0 radical (unpaired) electrons. The van der Waals surface area contributed by atoms with Crippen LogP contribution in [-0.4, -0.2) is 46.7 Å². The molecular weight excluding hydrogens is 320 g/mol. The van der Waals surface area contributed by atoms with Gasteiger partial charge in [-0.05, 0) is 44.0 Å². The molecule has 1 saturated heterocycles. The molecule has 128 valence electrons. The second-order valence-corrected chi connectivity index (χ2v) is 7.11. The van der Waals surface area contributed by atoms with Gasteiger partial charge in [0.25, 0.3) is 0 Å². The molecule has 1 aliphatic rings. The third kappa shape index (κ3) is 4.92. The summed E-state index contributed by atoms with van der Waals surface area (Å²) in [5.41, 5.74) is 0. The van der Waals surface area contributed by atoms with Gasteiger partial charge in [0.1, 0.15) is 5.75 Å². The number of hydrogen-bond acceptors (Lipinski definition) is 5. The second-order valence-electron chi connectivity index (χ2n) is 5.40. The highest BCUT2D eigenvalue weighted by Gasteiger charge is 2.23. The molecule has 2 atom stereocenters. The minimum absolute atomic E-state index is 0.0179. The van der Waals surface area contributed by atoms with Crippen LogP contribution in [0.3, 0.4) is 0 Å². The van der Waals surface area contributed by atoms with Gasteiger partial charge in [-0.25, -0.2) is 8.42 Å². The summed E-state index contributed by atoms with van der Waals surface area (Å²) in [6.07, 6.45) is 1.91. The first-order valence-electron chi connectivity index (χ1n) is 7.48. The maximum Gasteiger partial charge on any atom is 0.241 e. The minimum atomic E-state index is -3.76. The topological polar surface area (TPSA) is 93.7 Å². The largest absolute Gasteiger partial charge is 0.497 e. The molecule has 2 rings (SSSR count). The van der Waals surface area contributed by atoms with Crippen molar-refractivity contribution in [2.24, 2.45) is 0 Å². The van der Waals surface area contributed by atoms with E-state index in [1.165, 1.54) is 26.2 Å². The van der Waals surface area contributed by atoms with Crippen LogP contribution in [0.2, 0.25) is 0 Å². The van der Waals surface area contributed by atoms with Crippen LogP contribution in [0.25, 0.3) is 0 Å². The van der Waals surface area contributed by atoms with Crippen LogP contribution in [0.15, 0.2) is 29.2 Å². The van der Waals surface area contributed by atoms with Crippen molar-refractivity contribution in [1.82, 2.24) is 10.0 Å². The van der Waals surface area contributed by atoms with Gasteiger partial charge in [-0.15, -0.1) is 0 Å². The predicted molar refractivity (Wildman–Crippen MR) is 84.8 cm³/mol. The Hall–Kier alpha value is -1.64. The zero-order valence-electron chi connectivity index (χ0n) is 13.2. The van der Waals surface area contributed by atoms with E-state index < -0.39 is 16.1 Å². The fourth-order valence-corrected chi connectivity index (χ4v) is 3.48. The van der Waals surface area contributed by atoms with E-state index in [0.29, 0.717) is 18.9 Å². The summed E-state index contributed by atoms with van der Waals surface area (Å²) in [6.45, 7) is 2.61. The van der Waals surface area contributed by atoms with Gasteiger partial charge in [0.2, 0.25) is 15.9 Å². The van der Waals surface area contributed by atoms with Crippen LogP contribution in [0, 0.1) is 0 Å². The van der Waals surface area contributed by atoms with Crippen LogP contribution >= 0.6 is 0 Å². The third-order valence-corrected chi connectivity index (χ3v) is 5.18. The Balaban J connectivity index is 1.91. The van der Waals surface area contributed by atoms with E-state index >= 15 is 0 Å². The van der Waals surface area contributed by atoms with E-state index in [-0.39, 0.29) is 16.9 Å². The number of carbonyl (C=O) groups excluding carboxylic acids is 1. The molecular formula is C15H22N2O5S. The summed E-state index contributed by atoms with van der Waals surface area (Å²) in [5.74, 6) is 0.184. The minimum Gasteiger partial charge on any atom is -0.497 e. The normalized spacial score (nSPS) is 19.3. The zero-order valence-corrected chi connectivity index (χ0v) is 14.1. The van der Waals surface area contributed by atoms with Crippen molar-refractivity contribution in [2.45, 2.75) is 36.8 Å². The first-order chi connectivity index (χ1) is 10.9. The van der Waals surface area contributed by atoms with Gasteiger partial charge in [-0.1, -0.05) is 0 Å². The monoisotopic (exact) mass is 342 g/mol. The van der Waals surface area contributed by atoms with Crippen molar-refractivity contribution in [1.29, 1.82) is 0 Å². The van der Waals surface area contributed by atoms with Crippen LogP contribution in [0.4, 0.5) is 0 Å². The molecule has 0 unspecified atom stereocenters. The summed E-state index contributed by atoms with van der Waals surface area (Å²) in [5, 5.41) is 2.71. The van der Waals surface area contributed by atoms with Crippen LogP contribution < -0.4 is 14.8 Å². The zero-order chi connectivity index (χ0) is 16.9. The number of hydrogen-bond donors (Lipinski definition) is 2. The van der Waals surface area contributed by atoms with Gasteiger partial charge < -0.3 is 14.8 Å². The van der Waals surface area contributed by atoms with E-state index in [9.17, 15) is 13.2 Å². The van der Waals surface area contributed by atoms with E-state index in [2.05, 4.69) is 10.0 Å². The van der Waals surface area contributed by atoms with Crippen molar-refractivity contribution in [3.8, 4) is 5.75 Å². The van der Waals surface area contributed by atoms with Crippen molar-refractivity contribution in [3.63, 3.8) is 0 Å². The van der Waals surface area contributed by atoms with Crippen molar-refractivity contribution in [3.05, 3.63) is 24.3 Å². The molecule has 1 aromatic rings. The Labute approximate surface area is 136 Å². The number of sulfonamides is 1. The fourth-order valence-electron chi connectivity index (χ4n) is 2.28. The number of ether oxygens (including phenoxy) is 2. The lowest BCUT2D eigenvalue weighted by molar-refractivity contribution is -0.122. The fraction of sp³-hybridized carbons (Fsp3) is 0.533. The van der Waals surface area contributed by atoms with Crippen LogP contribution in [0.1, 0.15) is 19.8 Å². The number of benzene rings is 1. The van der Waals surface area contributed by atoms with Crippen molar-refractivity contribution < 1.29 is 22.7 Å². The number of carbonyl (C=O) groups is 1. The standard InChI is InChI=1S/C15H22N2O5S/c1-11(15(18)16-10-13-4-3-9-22-13)17-23(19,20)14-7-5-12(21-2)6-8-14/h5-8,11,13,17H,3-4,9-10H2,1-2H3,(H,16,18)/t11-,13+/m1/s1. The molecule has 0 aliphatic carbocycles. The first kappa shape index (κ1) is 17.7. The number of methoxy groups -OCH3 is 1. The summed E-state index contributed by atoms with van der Waals surface area (Å²) < 4.78 is 37.3. The Morgan fingerprint density at radius 2 is 2.09 bits per heavy atom. The molecule has 0 bridgehead atoms. The lowest BCUT2D eigenvalue weighted by atomic mass is 10.2. The Morgan fingerprint density at radius 3 is 2.65 bits per heavy atom. The van der Waals surface area contributed by atoms with Gasteiger partial charge in [-0.2, -0.15) is 4.72 Å². The van der Waals surface area contributed by atoms with E-state index in [1.807, 2.05) is 0 Å². The predicted octanol–water partition coefficient (Wildman–Crippen LogP) is 0.657. The molecule has 1 amide bonds. The highest BCUT2D eigenvalue weighted by Crippen LogP contribution is 2.15. The summed E-state index contributed by atoms with van der Waals surface area (Å²) in [6, 6.07) is 5.09. The summed E-state index contributed by atoms with van der Waals surface area (Å²) >= 11 is 0. The van der Waals surface area contributed by atoms with Crippen molar-refractivity contribution in [2.75, 3.05) is 20.3 Å². The van der Waals surface area contributed by atoms with Gasteiger partial charge in [0.15, 0.2) is 0 Å². The van der Waals surface area contributed by atoms with Gasteiger partial charge in [0.05, 0.1) is 24.2 Å². The number of nitrogens with one attached hydrogen (secondary N) is 2. The lowest BCUT2D eigenvalue weighted by Gasteiger charge is -2.16. The molecule has 1 heterocycles. The molecule has 2 N–H and O–H groups in total. The van der Waals surface area contributed by atoms with E-state index in [4.69, 9.17) is 9.47 Å². The lowest BCUT2D eigenvalue weighted by Crippen LogP contribution is -2.46. The number of rotatable bonds is 7. The SMILES string of the molecule is COc1ccc(S(=O)(=O)N[C@H](C)C(=O)NC[C@@H]2CCCO2)cc1. The summed E-state index contributed by atoms with van der Waals surface area (Å²) in [7, 11) is -2.26. The van der Waals surface area contributed by atoms with Gasteiger partial charge in [-0.3, -0.25) is 4.79 Å². The Bertz CT molecular complexity index is 624. The van der Waals surface area contributed by atoms with Gasteiger partial charge >= 0.3 is 0 Å². The first-order valence-corrected chi connectivity index (χ1v) is 8.96. The van der Waals surface area contributed by atoms with Crippen LogP contribution in [0.5, 0.6) is 5.75 Å². The highest BCUT2D eigenvalue weighted by atomic mass is 32.2. The maximum atomic E-state index is 12.3. The molecule has 0 aromatic heterocycles. The Kier molecular flexibility index (Phi) is 5.97.